The van der Waals surface area contributed by atoms with Crippen molar-refractivity contribution >= 4 is 17.3 Å². The summed E-state index contributed by atoms with van der Waals surface area (Å²) in [7, 11) is 0. The molecule has 104 valence electrons. The molecule has 5 heteroatoms. The number of nitriles is 2. The van der Waals surface area contributed by atoms with Crippen LogP contribution in [0.3, 0.4) is 0 Å². The second kappa shape index (κ2) is 7.28. The van der Waals surface area contributed by atoms with E-state index in [2.05, 4.69) is 17.1 Å². The smallest absolute Gasteiger partial charge is 0.0992 e. The fourth-order valence-corrected chi connectivity index (χ4v) is 2.31. The van der Waals surface area contributed by atoms with Gasteiger partial charge in [-0.25, -0.2) is 0 Å². The summed E-state index contributed by atoms with van der Waals surface area (Å²) < 4.78 is 0. The second-order valence-electron chi connectivity index (χ2n) is 4.47. The van der Waals surface area contributed by atoms with Gasteiger partial charge in [-0.1, -0.05) is 17.7 Å². The van der Waals surface area contributed by atoms with Crippen LogP contribution in [-0.2, 0) is 6.54 Å². The lowest BCUT2D eigenvalue weighted by molar-refractivity contribution is 0.795. The highest BCUT2D eigenvalue weighted by atomic mass is 35.5. The lowest BCUT2D eigenvalue weighted by atomic mass is 10.2. The summed E-state index contributed by atoms with van der Waals surface area (Å²) in [5.41, 5.74) is 2.37. The van der Waals surface area contributed by atoms with Gasteiger partial charge < -0.3 is 4.90 Å². The Morgan fingerprint density at radius 3 is 2.71 bits per heavy atom. The predicted molar refractivity (Wildman–Crippen MR) is 81.7 cm³/mol. The second-order valence-corrected chi connectivity index (χ2v) is 4.88. The van der Waals surface area contributed by atoms with Crippen LogP contribution >= 0.6 is 11.6 Å². The highest BCUT2D eigenvalue weighted by molar-refractivity contribution is 6.33. The van der Waals surface area contributed by atoms with Crippen molar-refractivity contribution in [2.45, 2.75) is 13.0 Å². The number of hydrogen-bond acceptors (Lipinski definition) is 4. The van der Waals surface area contributed by atoms with Crippen LogP contribution in [0.1, 0.15) is 17.5 Å². The van der Waals surface area contributed by atoms with Gasteiger partial charge in [-0.15, -0.1) is 0 Å². The van der Waals surface area contributed by atoms with Crippen LogP contribution in [-0.4, -0.2) is 11.5 Å². The number of anilines is 1. The third kappa shape index (κ3) is 3.95. The van der Waals surface area contributed by atoms with Crippen LogP contribution in [0.4, 0.5) is 5.69 Å². The van der Waals surface area contributed by atoms with Crippen molar-refractivity contribution < 1.29 is 0 Å². The number of hydrogen-bond donors (Lipinski definition) is 0. The molecule has 21 heavy (non-hydrogen) atoms. The molecule has 0 aliphatic carbocycles. The summed E-state index contributed by atoms with van der Waals surface area (Å²) in [6, 6.07) is 13.2. The van der Waals surface area contributed by atoms with E-state index in [1.807, 2.05) is 23.1 Å². The molecule has 1 aromatic carbocycles. The Morgan fingerprint density at radius 1 is 1.24 bits per heavy atom. The lowest BCUT2D eigenvalue weighted by Crippen LogP contribution is -2.24. The Bertz CT molecular complexity index is 686. The molecule has 0 aliphatic heterocycles. The molecule has 0 spiro atoms. The first-order valence-electron chi connectivity index (χ1n) is 6.45. The Labute approximate surface area is 128 Å². The number of nitrogens with zero attached hydrogens (tertiary/aromatic N) is 4. The molecule has 0 radical (unpaired) electrons. The largest absolute Gasteiger partial charge is 0.365 e. The average molecular weight is 297 g/mol. The Balaban J connectivity index is 2.28. The molecule has 0 aliphatic rings. The van der Waals surface area contributed by atoms with Crippen molar-refractivity contribution in [2.24, 2.45) is 0 Å². The van der Waals surface area contributed by atoms with Crippen molar-refractivity contribution in [2.75, 3.05) is 11.4 Å². The molecule has 2 aromatic rings. The van der Waals surface area contributed by atoms with Gasteiger partial charge in [-0.2, -0.15) is 10.5 Å². The van der Waals surface area contributed by atoms with Gasteiger partial charge in [-0.05, 0) is 29.8 Å². The van der Waals surface area contributed by atoms with E-state index in [-0.39, 0.29) is 0 Å². The highest BCUT2D eigenvalue weighted by Crippen LogP contribution is 2.28. The molecule has 0 bridgehead atoms. The normalized spacial score (nSPS) is 9.67. The summed E-state index contributed by atoms with van der Waals surface area (Å²) in [4.78, 5) is 6.11. The van der Waals surface area contributed by atoms with Gasteiger partial charge in [0.1, 0.15) is 0 Å². The van der Waals surface area contributed by atoms with E-state index in [0.717, 1.165) is 11.3 Å². The summed E-state index contributed by atoms with van der Waals surface area (Å²) in [6.45, 7) is 1.18. The van der Waals surface area contributed by atoms with E-state index < -0.39 is 0 Å². The number of benzene rings is 1. The van der Waals surface area contributed by atoms with Gasteiger partial charge in [0.25, 0.3) is 0 Å². The van der Waals surface area contributed by atoms with E-state index in [4.69, 9.17) is 22.1 Å². The molecule has 0 unspecified atom stereocenters. The van der Waals surface area contributed by atoms with E-state index in [1.54, 1.807) is 24.5 Å². The molecule has 2 rings (SSSR count). The number of halogens is 1. The number of rotatable bonds is 5. The minimum absolute atomic E-state index is 0.399. The Hall–Kier alpha value is -2.56. The molecule has 0 amide bonds. The van der Waals surface area contributed by atoms with Crippen LogP contribution in [0.25, 0.3) is 0 Å². The third-order valence-electron chi connectivity index (χ3n) is 3.01. The lowest BCUT2D eigenvalue weighted by Gasteiger charge is -2.25. The van der Waals surface area contributed by atoms with Crippen LogP contribution in [0.5, 0.6) is 0 Å². The fourth-order valence-electron chi connectivity index (χ4n) is 2.01. The van der Waals surface area contributed by atoms with Crippen LogP contribution in [0.2, 0.25) is 5.02 Å². The number of pyridine rings is 1. The minimum atomic E-state index is 0.399. The number of aromatic nitrogens is 1. The average Bonchev–Trinajstić information content (AvgIpc) is 2.52. The zero-order valence-electron chi connectivity index (χ0n) is 11.3. The summed E-state index contributed by atoms with van der Waals surface area (Å²) in [5, 5.41) is 18.2. The van der Waals surface area contributed by atoms with E-state index in [0.29, 0.717) is 30.1 Å². The zero-order chi connectivity index (χ0) is 15.1. The molecular weight excluding hydrogens is 284 g/mol. The quantitative estimate of drug-likeness (QED) is 0.846. The summed E-state index contributed by atoms with van der Waals surface area (Å²) >= 11 is 6.26. The van der Waals surface area contributed by atoms with Crippen molar-refractivity contribution in [3.63, 3.8) is 0 Å². The van der Waals surface area contributed by atoms with Gasteiger partial charge in [-0.3, -0.25) is 4.98 Å². The first-order chi connectivity index (χ1) is 10.2. The van der Waals surface area contributed by atoms with Crippen molar-refractivity contribution in [3.8, 4) is 12.1 Å². The van der Waals surface area contributed by atoms with Crippen molar-refractivity contribution in [1.29, 1.82) is 10.5 Å². The van der Waals surface area contributed by atoms with Gasteiger partial charge in [0.05, 0.1) is 34.8 Å². The molecule has 0 saturated carbocycles. The maximum Gasteiger partial charge on any atom is 0.0992 e. The summed E-state index contributed by atoms with van der Waals surface area (Å²) in [5.74, 6) is 0. The highest BCUT2D eigenvalue weighted by Gasteiger charge is 2.11. The molecule has 0 saturated heterocycles. The molecular formula is C16H13ClN4. The molecule has 1 heterocycles. The third-order valence-corrected chi connectivity index (χ3v) is 3.31. The van der Waals surface area contributed by atoms with E-state index in [9.17, 15) is 0 Å². The van der Waals surface area contributed by atoms with E-state index in [1.165, 1.54) is 0 Å². The molecule has 0 N–H and O–H groups in total. The summed E-state index contributed by atoms with van der Waals surface area (Å²) in [6.07, 6.45) is 3.91. The standard InChI is InChI=1S/C16H13ClN4/c17-15-9-13(10-19)4-5-16(15)21(8-2-6-18)12-14-3-1-7-20-11-14/h1,3-5,7,9,11H,2,8,12H2. The first kappa shape index (κ1) is 14.8. The monoisotopic (exact) mass is 296 g/mol. The topological polar surface area (TPSA) is 63.7 Å². The fraction of sp³-hybridized carbons (Fsp3) is 0.188. The van der Waals surface area contributed by atoms with Crippen LogP contribution in [0.15, 0.2) is 42.7 Å². The minimum Gasteiger partial charge on any atom is -0.365 e. The molecule has 0 fully saturated rings. The maximum absolute atomic E-state index is 8.89. The molecule has 1 aromatic heterocycles. The van der Waals surface area contributed by atoms with E-state index >= 15 is 0 Å². The van der Waals surface area contributed by atoms with Gasteiger partial charge in [0.15, 0.2) is 0 Å². The van der Waals surface area contributed by atoms with Gasteiger partial charge in [0.2, 0.25) is 0 Å². The van der Waals surface area contributed by atoms with Crippen molar-refractivity contribution in [1.82, 2.24) is 4.98 Å². The Kier molecular flexibility index (Phi) is 5.15. The van der Waals surface area contributed by atoms with Gasteiger partial charge in [0, 0.05) is 25.5 Å². The maximum atomic E-state index is 8.89. The van der Waals surface area contributed by atoms with Crippen molar-refractivity contribution in [3.05, 3.63) is 58.9 Å². The SMILES string of the molecule is N#CCCN(Cc1cccnc1)c1ccc(C#N)cc1Cl. The van der Waals surface area contributed by atoms with Crippen LogP contribution < -0.4 is 4.90 Å². The molecule has 4 nitrogen and oxygen atoms in total. The van der Waals surface area contributed by atoms with Crippen LogP contribution in [0, 0.1) is 22.7 Å². The first-order valence-corrected chi connectivity index (χ1v) is 6.83. The van der Waals surface area contributed by atoms with Gasteiger partial charge >= 0.3 is 0 Å². The Morgan fingerprint density at radius 2 is 2.10 bits per heavy atom. The predicted octanol–water partition coefficient (Wildman–Crippen LogP) is 3.53. The zero-order valence-corrected chi connectivity index (χ0v) is 12.1. The molecule has 0 atom stereocenters.